The fourth-order valence-corrected chi connectivity index (χ4v) is 1.32. The van der Waals surface area contributed by atoms with Crippen LogP contribution in [0.15, 0.2) is 33.5 Å². The Hall–Kier alpha value is -1.95. The number of aromatic nitrogens is 1. The summed E-state index contributed by atoms with van der Waals surface area (Å²) >= 11 is 0. The average Bonchev–Trinajstić information content (AvgIpc) is 2.51. The van der Waals surface area contributed by atoms with Gasteiger partial charge >= 0.3 is 5.76 Å². The van der Waals surface area contributed by atoms with Crippen molar-refractivity contribution in [1.29, 1.82) is 0 Å². The van der Waals surface area contributed by atoms with Crippen molar-refractivity contribution in [1.82, 2.24) is 4.57 Å². The van der Waals surface area contributed by atoms with E-state index in [0.717, 1.165) is 5.52 Å². The quantitative estimate of drug-likeness (QED) is 0.636. The number of para-hydroxylation sites is 2. The van der Waals surface area contributed by atoms with Gasteiger partial charge in [-0.3, -0.25) is 4.57 Å². The number of hydrogen-bond acceptors (Lipinski definition) is 2. The minimum Gasteiger partial charge on any atom is -0.408 e. The summed E-state index contributed by atoms with van der Waals surface area (Å²) < 4.78 is 6.56. The van der Waals surface area contributed by atoms with Crippen molar-refractivity contribution in [3.63, 3.8) is 0 Å². The van der Waals surface area contributed by atoms with Gasteiger partial charge in [-0.2, -0.15) is 0 Å². The van der Waals surface area contributed by atoms with Gasteiger partial charge in [0.25, 0.3) is 0 Å². The lowest BCUT2D eigenvalue weighted by Gasteiger charge is -1.93. The lowest BCUT2D eigenvalue weighted by molar-refractivity contribution is 0.521. The first kappa shape index (κ1) is 8.64. The molecule has 14 heavy (non-hydrogen) atoms. The highest BCUT2D eigenvalue weighted by Crippen LogP contribution is 2.10. The van der Waals surface area contributed by atoms with E-state index >= 15 is 0 Å². The van der Waals surface area contributed by atoms with E-state index in [1.54, 1.807) is 13.0 Å². The van der Waals surface area contributed by atoms with E-state index in [-0.39, 0.29) is 5.76 Å². The average molecular weight is 187 g/mol. The molecule has 1 aromatic carbocycles. The lowest BCUT2D eigenvalue weighted by Crippen LogP contribution is -2.12. The van der Waals surface area contributed by atoms with Gasteiger partial charge < -0.3 is 4.42 Å². The van der Waals surface area contributed by atoms with Crippen LogP contribution in [0, 0.1) is 11.8 Å². The van der Waals surface area contributed by atoms with Crippen LogP contribution >= 0.6 is 0 Å². The number of nitrogens with zero attached hydrogens (tertiary/aromatic N) is 1. The largest absolute Gasteiger partial charge is 0.420 e. The molecule has 3 heteroatoms. The molecule has 0 atom stereocenters. The molecular weight excluding hydrogens is 178 g/mol. The fourth-order valence-electron chi connectivity index (χ4n) is 1.32. The van der Waals surface area contributed by atoms with Gasteiger partial charge in [0.15, 0.2) is 5.58 Å². The first-order valence-corrected chi connectivity index (χ1v) is 4.31. The summed E-state index contributed by atoms with van der Waals surface area (Å²) in [5.74, 6) is 5.23. The predicted molar refractivity (Wildman–Crippen MR) is 53.9 cm³/mol. The second-order valence-corrected chi connectivity index (χ2v) is 2.85. The van der Waals surface area contributed by atoms with Gasteiger partial charge in [0.2, 0.25) is 0 Å². The summed E-state index contributed by atoms with van der Waals surface area (Å²) in [4.78, 5) is 11.4. The molecule has 0 radical (unpaired) electrons. The van der Waals surface area contributed by atoms with E-state index in [1.165, 1.54) is 4.57 Å². The maximum absolute atomic E-state index is 11.4. The maximum Gasteiger partial charge on any atom is 0.420 e. The van der Waals surface area contributed by atoms with Crippen molar-refractivity contribution in [2.24, 2.45) is 0 Å². The van der Waals surface area contributed by atoms with Crippen LogP contribution < -0.4 is 5.76 Å². The number of rotatable bonds is 1. The summed E-state index contributed by atoms with van der Waals surface area (Å²) in [5, 5.41) is 0. The topological polar surface area (TPSA) is 35.1 Å². The second-order valence-electron chi connectivity index (χ2n) is 2.85. The Bertz CT molecular complexity index is 566. The first-order valence-electron chi connectivity index (χ1n) is 4.31. The molecule has 0 saturated carbocycles. The van der Waals surface area contributed by atoms with Crippen molar-refractivity contribution >= 4 is 11.1 Å². The van der Waals surface area contributed by atoms with E-state index in [0.29, 0.717) is 12.1 Å². The van der Waals surface area contributed by atoms with Crippen LogP contribution in [-0.2, 0) is 6.54 Å². The summed E-state index contributed by atoms with van der Waals surface area (Å²) in [6, 6.07) is 7.32. The van der Waals surface area contributed by atoms with Crippen LogP contribution in [0.3, 0.4) is 0 Å². The van der Waals surface area contributed by atoms with Gasteiger partial charge in [-0.15, -0.1) is 5.92 Å². The Morgan fingerprint density at radius 2 is 2.21 bits per heavy atom. The Kier molecular flexibility index (Phi) is 2.11. The molecular formula is C11H9NO2. The normalized spacial score (nSPS) is 9.79. The van der Waals surface area contributed by atoms with Gasteiger partial charge in [-0.25, -0.2) is 4.79 Å². The smallest absolute Gasteiger partial charge is 0.408 e. The van der Waals surface area contributed by atoms with E-state index < -0.39 is 0 Å². The third-order valence-electron chi connectivity index (χ3n) is 1.99. The molecule has 0 bridgehead atoms. The van der Waals surface area contributed by atoms with Crippen molar-refractivity contribution in [3.05, 3.63) is 34.8 Å². The zero-order valence-corrected chi connectivity index (χ0v) is 7.78. The molecule has 3 nitrogen and oxygen atoms in total. The highest BCUT2D eigenvalue weighted by Gasteiger charge is 2.05. The van der Waals surface area contributed by atoms with Crippen LogP contribution in [0.4, 0.5) is 0 Å². The molecule has 2 aromatic rings. The third-order valence-corrected chi connectivity index (χ3v) is 1.99. The van der Waals surface area contributed by atoms with Crippen molar-refractivity contribution in [2.45, 2.75) is 13.5 Å². The van der Waals surface area contributed by atoms with Crippen molar-refractivity contribution in [3.8, 4) is 11.8 Å². The molecule has 0 spiro atoms. The van der Waals surface area contributed by atoms with E-state index in [9.17, 15) is 4.79 Å². The lowest BCUT2D eigenvalue weighted by atomic mass is 10.3. The van der Waals surface area contributed by atoms with Crippen LogP contribution in [0.25, 0.3) is 11.1 Å². The molecule has 0 unspecified atom stereocenters. The van der Waals surface area contributed by atoms with Crippen LogP contribution in [-0.4, -0.2) is 4.57 Å². The molecule has 0 saturated heterocycles. The molecule has 0 aliphatic rings. The zero-order chi connectivity index (χ0) is 9.97. The summed E-state index contributed by atoms with van der Waals surface area (Å²) in [6.45, 7) is 2.12. The molecule has 0 aliphatic heterocycles. The van der Waals surface area contributed by atoms with Gasteiger partial charge in [-0.05, 0) is 19.1 Å². The fraction of sp³-hybridized carbons (Fsp3) is 0.182. The highest BCUT2D eigenvalue weighted by atomic mass is 16.4. The Balaban J connectivity index is 2.66. The number of benzene rings is 1. The van der Waals surface area contributed by atoms with Gasteiger partial charge in [0.1, 0.15) is 0 Å². The number of fused-ring (bicyclic) bond motifs is 1. The molecule has 0 aliphatic carbocycles. The van der Waals surface area contributed by atoms with Crippen molar-refractivity contribution < 1.29 is 4.42 Å². The second kappa shape index (κ2) is 3.43. The molecule has 1 heterocycles. The van der Waals surface area contributed by atoms with Gasteiger partial charge in [0, 0.05) is 0 Å². The molecule has 2 rings (SSSR count). The SMILES string of the molecule is CC#CCn1c(=O)oc2ccccc21. The molecule has 0 N–H and O–H groups in total. The van der Waals surface area contributed by atoms with Gasteiger partial charge in [-0.1, -0.05) is 18.1 Å². The molecule has 0 amide bonds. The Morgan fingerprint density at radius 1 is 1.43 bits per heavy atom. The van der Waals surface area contributed by atoms with Gasteiger partial charge in [0.05, 0.1) is 12.1 Å². The van der Waals surface area contributed by atoms with E-state index in [1.807, 2.05) is 18.2 Å². The maximum atomic E-state index is 11.4. The summed E-state index contributed by atoms with van der Waals surface area (Å²) in [6.07, 6.45) is 0. The minimum atomic E-state index is -0.353. The Labute approximate surface area is 81.0 Å². The standard InChI is InChI=1S/C11H9NO2/c1-2-3-8-12-9-6-4-5-7-10(9)14-11(12)13/h4-7H,8H2,1H3. The summed E-state index contributed by atoms with van der Waals surface area (Å²) in [7, 11) is 0. The molecule has 70 valence electrons. The molecule has 0 fully saturated rings. The van der Waals surface area contributed by atoms with Crippen LogP contribution in [0.5, 0.6) is 0 Å². The Morgan fingerprint density at radius 3 is 3.00 bits per heavy atom. The first-order chi connectivity index (χ1) is 6.83. The third kappa shape index (κ3) is 1.31. The van der Waals surface area contributed by atoms with Crippen LogP contribution in [0.1, 0.15) is 6.92 Å². The van der Waals surface area contributed by atoms with Crippen molar-refractivity contribution in [2.75, 3.05) is 0 Å². The highest BCUT2D eigenvalue weighted by molar-refractivity contribution is 5.72. The number of oxazole rings is 1. The van der Waals surface area contributed by atoms with E-state index in [2.05, 4.69) is 11.8 Å². The summed E-state index contributed by atoms with van der Waals surface area (Å²) in [5.41, 5.74) is 1.40. The predicted octanol–water partition coefficient (Wildman–Crippen LogP) is 1.62. The molecule has 1 aromatic heterocycles. The van der Waals surface area contributed by atoms with E-state index in [4.69, 9.17) is 4.42 Å². The zero-order valence-electron chi connectivity index (χ0n) is 7.78. The monoisotopic (exact) mass is 187 g/mol. The number of hydrogen-bond donors (Lipinski definition) is 0. The van der Waals surface area contributed by atoms with Crippen LogP contribution in [0.2, 0.25) is 0 Å². The minimum absolute atomic E-state index is 0.353.